The number of benzene rings is 1. The first kappa shape index (κ1) is 20.2. The first-order chi connectivity index (χ1) is 13.7. The van der Waals surface area contributed by atoms with Crippen molar-refractivity contribution < 1.29 is 14.1 Å². The van der Waals surface area contributed by atoms with Crippen molar-refractivity contribution >= 4 is 17.4 Å². The predicted octanol–water partition coefficient (Wildman–Crippen LogP) is 3.30. The summed E-state index contributed by atoms with van der Waals surface area (Å²) in [5, 5.41) is 22.1. The van der Waals surface area contributed by atoms with Crippen LogP contribution in [0.15, 0.2) is 30.3 Å². The van der Waals surface area contributed by atoms with E-state index in [4.69, 9.17) is 0 Å². The highest BCUT2D eigenvalue weighted by Crippen LogP contribution is 2.23. The lowest BCUT2D eigenvalue weighted by Crippen LogP contribution is -2.25. The average molecular weight is 400 g/mol. The van der Waals surface area contributed by atoms with E-state index in [0.717, 1.165) is 11.3 Å². The van der Waals surface area contributed by atoms with Crippen LogP contribution in [0.3, 0.4) is 0 Å². The minimum atomic E-state index is -0.747. The molecule has 1 N–H and O–H groups in total. The van der Waals surface area contributed by atoms with Crippen molar-refractivity contribution in [3.63, 3.8) is 0 Å². The Morgan fingerprint density at radius 3 is 2.48 bits per heavy atom. The molecule has 0 radical (unpaired) electrons. The standard InChI is InChI=1S/C19H21FN6O3/c1-11-9-17(26(28)29)23-25(11)14(4)19(27)21-18-12(2)22-24(13(18)3)10-15-5-7-16(20)8-6-15/h5-9,14H,10H2,1-4H3,(H,21,27). The van der Waals surface area contributed by atoms with Crippen LogP contribution in [-0.4, -0.2) is 30.4 Å². The minimum Gasteiger partial charge on any atom is -0.358 e. The maximum absolute atomic E-state index is 13.1. The lowest BCUT2D eigenvalue weighted by Gasteiger charge is -2.12. The number of nitro groups is 1. The minimum absolute atomic E-state index is 0.304. The third kappa shape index (κ3) is 4.15. The number of rotatable bonds is 6. The molecular weight excluding hydrogens is 379 g/mol. The molecule has 1 atom stereocenters. The van der Waals surface area contributed by atoms with E-state index in [9.17, 15) is 19.3 Å². The van der Waals surface area contributed by atoms with Crippen LogP contribution in [-0.2, 0) is 11.3 Å². The number of carbonyl (C=O) groups excluding carboxylic acids is 1. The summed E-state index contributed by atoms with van der Waals surface area (Å²) < 4.78 is 16.1. The second-order valence-electron chi connectivity index (χ2n) is 6.84. The van der Waals surface area contributed by atoms with Gasteiger partial charge in [0.1, 0.15) is 11.9 Å². The van der Waals surface area contributed by atoms with Crippen LogP contribution in [0.1, 0.15) is 35.6 Å². The molecule has 2 heterocycles. The molecule has 29 heavy (non-hydrogen) atoms. The Morgan fingerprint density at radius 1 is 1.24 bits per heavy atom. The maximum Gasteiger partial charge on any atom is 0.390 e. The van der Waals surface area contributed by atoms with Gasteiger partial charge < -0.3 is 15.4 Å². The first-order valence-electron chi connectivity index (χ1n) is 8.97. The molecule has 0 aliphatic heterocycles. The van der Waals surface area contributed by atoms with E-state index in [0.29, 0.717) is 23.6 Å². The molecule has 2 aromatic heterocycles. The van der Waals surface area contributed by atoms with E-state index in [1.54, 1.807) is 37.6 Å². The molecule has 0 saturated heterocycles. The fourth-order valence-electron chi connectivity index (χ4n) is 3.09. The Labute approximate surface area is 166 Å². The molecule has 1 aromatic carbocycles. The van der Waals surface area contributed by atoms with Crippen LogP contribution in [0.4, 0.5) is 15.9 Å². The molecular formula is C19H21FN6O3. The number of aromatic nitrogens is 4. The smallest absolute Gasteiger partial charge is 0.358 e. The summed E-state index contributed by atoms with van der Waals surface area (Å²) in [5.74, 6) is -0.974. The molecule has 0 aliphatic carbocycles. The quantitative estimate of drug-likeness (QED) is 0.504. The molecule has 1 unspecified atom stereocenters. The summed E-state index contributed by atoms with van der Waals surface area (Å²) in [6, 6.07) is 6.71. The van der Waals surface area contributed by atoms with E-state index in [1.807, 2.05) is 6.92 Å². The molecule has 3 aromatic rings. The molecule has 0 fully saturated rings. The monoisotopic (exact) mass is 400 g/mol. The van der Waals surface area contributed by atoms with Crippen LogP contribution >= 0.6 is 0 Å². The van der Waals surface area contributed by atoms with E-state index in [-0.39, 0.29) is 17.5 Å². The second kappa shape index (κ2) is 7.82. The van der Waals surface area contributed by atoms with Gasteiger partial charge in [0.25, 0.3) is 5.91 Å². The SMILES string of the molecule is Cc1nn(Cc2ccc(F)cc2)c(C)c1NC(=O)C(C)n1nc([N+](=O)[O-])cc1C. The number of amides is 1. The molecule has 3 rings (SSSR count). The van der Waals surface area contributed by atoms with Gasteiger partial charge in [0, 0.05) is 0 Å². The highest BCUT2D eigenvalue weighted by molar-refractivity contribution is 5.94. The van der Waals surface area contributed by atoms with Crippen LogP contribution < -0.4 is 5.32 Å². The van der Waals surface area contributed by atoms with E-state index in [1.165, 1.54) is 22.9 Å². The number of hydrogen-bond acceptors (Lipinski definition) is 5. The normalized spacial score (nSPS) is 12.0. The summed E-state index contributed by atoms with van der Waals surface area (Å²) >= 11 is 0. The molecule has 10 heteroatoms. The molecule has 0 aliphatic rings. The predicted molar refractivity (Wildman–Crippen MR) is 104 cm³/mol. The first-order valence-corrected chi connectivity index (χ1v) is 8.97. The zero-order valence-electron chi connectivity index (χ0n) is 16.5. The Balaban J connectivity index is 1.79. The summed E-state index contributed by atoms with van der Waals surface area (Å²) in [6.07, 6.45) is 0. The van der Waals surface area contributed by atoms with Crippen molar-refractivity contribution in [2.45, 2.75) is 40.3 Å². The van der Waals surface area contributed by atoms with Crippen molar-refractivity contribution in [3.05, 3.63) is 68.9 Å². The van der Waals surface area contributed by atoms with Gasteiger partial charge in [-0.15, -0.1) is 0 Å². The average Bonchev–Trinajstić information content (AvgIpc) is 3.18. The largest absolute Gasteiger partial charge is 0.390 e. The van der Waals surface area contributed by atoms with Gasteiger partial charge in [-0.05, 0) is 50.3 Å². The third-order valence-electron chi connectivity index (χ3n) is 4.72. The third-order valence-corrected chi connectivity index (χ3v) is 4.72. The van der Waals surface area contributed by atoms with Crippen LogP contribution in [0.2, 0.25) is 0 Å². The molecule has 9 nitrogen and oxygen atoms in total. The Kier molecular flexibility index (Phi) is 5.44. The van der Waals surface area contributed by atoms with Gasteiger partial charge in [0.05, 0.1) is 40.5 Å². The summed E-state index contributed by atoms with van der Waals surface area (Å²) in [4.78, 5) is 23.0. The fraction of sp³-hybridized carbons (Fsp3) is 0.316. The van der Waals surface area contributed by atoms with Crippen molar-refractivity contribution in [1.29, 1.82) is 0 Å². The van der Waals surface area contributed by atoms with Gasteiger partial charge in [0.15, 0.2) is 0 Å². The van der Waals surface area contributed by atoms with Gasteiger partial charge in [-0.1, -0.05) is 12.1 Å². The molecule has 0 saturated carbocycles. The van der Waals surface area contributed by atoms with Gasteiger partial charge in [-0.25, -0.2) is 4.39 Å². The second-order valence-corrected chi connectivity index (χ2v) is 6.84. The topological polar surface area (TPSA) is 108 Å². The van der Waals surface area contributed by atoms with Crippen molar-refractivity contribution in [3.8, 4) is 0 Å². The number of carbonyl (C=O) groups is 1. The Hall–Kier alpha value is -3.56. The van der Waals surface area contributed by atoms with Gasteiger partial charge in [0.2, 0.25) is 0 Å². The van der Waals surface area contributed by atoms with Gasteiger partial charge >= 0.3 is 5.82 Å². The van der Waals surface area contributed by atoms with E-state index in [2.05, 4.69) is 15.5 Å². The zero-order valence-corrected chi connectivity index (χ0v) is 16.5. The van der Waals surface area contributed by atoms with Crippen molar-refractivity contribution in [2.24, 2.45) is 0 Å². The highest BCUT2D eigenvalue weighted by Gasteiger charge is 2.26. The molecule has 152 valence electrons. The van der Waals surface area contributed by atoms with Crippen molar-refractivity contribution in [1.82, 2.24) is 19.6 Å². The summed E-state index contributed by atoms with van der Waals surface area (Å²) in [7, 11) is 0. The van der Waals surface area contributed by atoms with Crippen LogP contribution in [0, 0.1) is 36.7 Å². The number of nitrogens with zero attached hydrogens (tertiary/aromatic N) is 5. The lowest BCUT2D eigenvalue weighted by atomic mass is 10.2. The molecule has 0 bridgehead atoms. The lowest BCUT2D eigenvalue weighted by molar-refractivity contribution is -0.389. The Morgan fingerprint density at radius 2 is 1.90 bits per heavy atom. The number of halogens is 1. The molecule has 1 amide bonds. The maximum atomic E-state index is 13.1. The van der Waals surface area contributed by atoms with Crippen LogP contribution in [0.25, 0.3) is 0 Å². The fourth-order valence-corrected chi connectivity index (χ4v) is 3.09. The number of aryl methyl sites for hydroxylation is 2. The molecule has 0 spiro atoms. The van der Waals surface area contributed by atoms with E-state index < -0.39 is 11.0 Å². The number of hydrogen-bond donors (Lipinski definition) is 1. The van der Waals surface area contributed by atoms with Crippen molar-refractivity contribution in [2.75, 3.05) is 5.32 Å². The Bertz CT molecular complexity index is 1070. The van der Waals surface area contributed by atoms with E-state index >= 15 is 0 Å². The van der Waals surface area contributed by atoms with Gasteiger partial charge in [-0.3, -0.25) is 9.48 Å². The summed E-state index contributed by atoms with van der Waals surface area (Å²) in [6.45, 7) is 7.31. The zero-order chi connectivity index (χ0) is 21.3. The number of anilines is 1. The highest BCUT2D eigenvalue weighted by atomic mass is 19.1. The number of nitrogens with one attached hydrogen (secondary N) is 1. The van der Waals surface area contributed by atoms with Crippen LogP contribution in [0.5, 0.6) is 0 Å². The summed E-state index contributed by atoms with van der Waals surface area (Å²) in [5.41, 5.74) is 3.34. The van der Waals surface area contributed by atoms with Gasteiger partial charge in [-0.2, -0.15) is 9.78 Å².